The molecule has 0 saturated heterocycles. The molecule has 0 atom stereocenters. The second kappa shape index (κ2) is 15.0. The number of hydrogen-bond acceptors (Lipinski definition) is 3. The number of fused-ring (bicyclic) bond motifs is 1. The normalized spacial score (nSPS) is 12.6. The minimum absolute atomic E-state index is 0.127. The fourth-order valence-electron chi connectivity index (χ4n) is 8.06. The van der Waals surface area contributed by atoms with Crippen LogP contribution in [0, 0.1) is 20.7 Å². The zero-order valence-corrected chi connectivity index (χ0v) is 34.0. The van der Waals surface area contributed by atoms with Gasteiger partial charge in [-0.2, -0.15) is 0 Å². The second-order valence-corrected chi connectivity index (χ2v) is 16.5. The smallest absolute Gasteiger partial charge is 0.149 e. The summed E-state index contributed by atoms with van der Waals surface area (Å²) in [5, 5.41) is 11.7. The second-order valence-electron chi connectivity index (χ2n) is 16.5. The van der Waals surface area contributed by atoms with Crippen LogP contribution in [0.3, 0.4) is 0 Å². The van der Waals surface area contributed by atoms with Crippen LogP contribution in [0.25, 0.3) is 83.9 Å². The van der Waals surface area contributed by atoms with Gasteiger partial charge in [0.1, 0.15) is 11.6 Å². The highest BCUT2D eigenvalue weighted by Crippen LogP contribution is 2.42. The average Bonchev–Trinajstić information content (AvgIpc) is 3.67. The van der Waals surface area contributed by atoms with Crippen LogP contribution in [0.15, 0.2) is 170 Å². The lowest BCUT2D eigenvalue weighted by atomic mass is 9.83. The third-order valence-corrected chi connectivity index (χ3v) is 11.1. The summed E-state index contributed by atoms with van der Waals surface area (Å²) in [5.41, 5.74) is 15.5. The number of benzene rings is 7. The van der Waals surface area contributed by atoms with E-state index in [1.807, 2.05) is 91.3 Å². The molecule has 2 aromatic heterocycles. The van der Waals surface area contributed by atoms with Crippen molar-refractivity contribution < 1.29 is 9.22 Å². The first-order chi connectivity index (χ1) is 29.7. The Morgan fingerprint density at radius 1 is 0.542 bits per heavy atom. The van der Waals surface area contributed by atoms with E-state index < -0.39 is 6.85 Å². The standard InChI is InChI=1S/C55H47N3O/c1-35-26-37(3)53(59)49(29-35)54-57-52-48(18-13-19-51(52)58(54)47-28-36(2)27-43(33-47)39-16-11-8-12-17-39)44-30-45(32-46(31-44)55(4,5)6)50-34-42(24-25-56-50)41-22-20-40(21-23-41)38-14-9-7-10-15-38/h7-34,59H,1-6H3/i2D3. The highest BCUT2D eigenvalue weighted by atomic mass is 16.3. The molecule has 0 amide bonds. The van der Waals surface area contributed by atoms with Crippen molar-refractivity contribution in [2.24, 2.45) is 0 Å². The molecule has 9 aromatic rings. The van der Waals surface area contributed by atoms with E-state index in [9.17, 15) is 5.11 Å². The third-order valence-electron chi connectivity index (χ3n) is 11.1. The average molecular weight is 769 g/mol. The molecule has 2 heterocycles. The number of aromatic hydroxyl groups is 1. The molecule has 0 saturated carbocycles. The summed E-state index contributed by atoms with van der Waals surface area (Å²) in [6.07, 6.45) is 1.88. The van der Waals surface area contributed by atoms with Gasteiger partial charge in [-0.1, -0.05) is 136 Å². The van der Waals surface area contributed by atoms with Crippen LogP contribution >= 0.6 is 0 Å². The van der Waals surface area contributed by atoms with Crippen LogP contribution in [-0.4, -0.2) is 19.6 Å². The monoisotopic (exact) mass is 768 g/mol. The van der Waals surface area contributed by atoms with E-state index in [4.69, 9.17) is 14.1 Å². The fourth-order valence-corrected chi connectivity index (χ4v) is 8.06. The maximum Gasteiger partial charge on any atom is 0.149 e. The molecule has 288 valence electrons. The minimum atomic E-state index is -2.37. The Kier molecular flexibility index (Phi) is 8.68. The van der Waals surface area contributed by atoms with E-state index in [-0.39, 0.29) is 16.7 Å². The summed E-state index contributed by atoms with van der Waals surface area (Å²) >= 11 is 0. The van der Waals surface area contributed by atoms with Gasteiger partial charge in [-0.15, -0.1) is 0 Å². The van der Waals surface area contributed by atoms with Gasteiger partial charge in [0.25, 0.3) is 0 Å². The number of phenolic OH excluding ortho intramolecular Hbond substituents is 1. The van der Waals surface area contributed by atoms with Crippen molar-refractivity contribution in [3.8, 4) is 78.6 Å². The van der Waals surface area contributed by atoms with Crippen molar-refractivity contribution >= 4 is 11.0 Å². The Hall–Kier alpha value is -7.04. The van der Waals surface area contributed by atoms with Crippen molar-refractivity contribution in [3.05, 3.63) is 192 Å². The largest absolute Gasteiger partial charge is 0.507 e. The van der Waals surface area contributed by atoms with Gasteiger partial charge in [0.2, 0.25) is 0 Å². The first-order valence-corrected chi connectivity index (χ1v) is 20.0. The molecule has 4 nitrogen and oxygen atoms in total. The first-order valence-electron chi connectivity index (χ1n) is 21.5. The van der Waals surface area contributed by atoms with Gasteiger partial charge in [-0.3, -0.25) is 9.55 Å². The highest BCUT2D eigenvalue weighted by molar-refractivity contribution is 5.97. The van der Waals surface area contributed by atoms with Crippen molar-refractivity contribution in [3.63, 3.8) is 0 Å². The predicted molar refractivity (Wildman–Crippen MR) is 246 cm³/mol. The number of rotatable bonds is 7. The zero-order valence-electron chi connectivity index (χ0n) is 37.0. The molecule has 1 N–H and O–H groups in total. The van der Waals surface area contributed by atoms with Crippen molar-refractivity contribution in [1.29, 1.82) is 0 Å². The molecule has 0 radical (unpaired) electrons. The summed E-state index contributed by atoms with van der Waals surface area (Å²) in [5.74, 6) is 0.639. The van der Waals surface area contributed by atoms with E-state index in [2.05, 4.69) is 106 Å². The van der Waals surface area contributed by atoms with E-state index in [0.717, 1.165) is 72.4 Å². The summed E-state index contributed by atoms with van der Waals surface area (Å²) in [7, 11) is 0. The maximum absolute atomic E-state index is 11.7. The molecule has 9 rings (SSSR count). The van der Waals surface area contributed by atoms with Crippen molar-refractivity contribution in [1.82, 2.24) is 14.5 Å². The van der Waals surface area contributed by atoms with E-state index in [1.54, 1.807) is 12.1 Å². The Morgan fingerprint density at radius 3 is 1.90 bits per heavy atom. The van der Waals surface area contributed by atoms with Crippen LogP contribution < -0.4 is 0 Å². The van der Waals surface area contributed by atoms with Gasteiger partial charge in [0.05, 0.1) is 22.3 Å². The molecule has 7 aromatic carbocycles. The number of aromatic nitrogens is 3. The summed E-state index contributed by atoms with van der Waals surface area (Å²) in [6.45, 7) is 8.16. The van der Waals surface area contributed by atoms with Crippen molar-refractivity contribution in [2.45, 2.75) is 46.9 Å². The topological polar surface area (TPSA) is 50.9 Å². The van der Waals surface area contributed by atoms with Crippen LogP contribution in [0.1, 0.15) is 47.1 Å². The lowest BCUT2D eigenvalue weighted by Gasteiger charge is -2.22. The molecule has 0 unspecified atom stereocenters. The van der Waals surface area contributed by atoms with Crippen LogP contribution in [0.4, 0.5) is 0 Å². The van der Waals surface area contributed by atoms with Crippen LogP contribution in [0.2, 0.25) is 0 Å². The Bertz CT molecular complexity index is 3110. The maximum atomic E-state index is 11.7. The van der Waals surface area contributed by atoms with Gasteiger partial charge in [0, 0.05) is 27.1 Å². The molecule has 0 bridgehead atoms. The number of nitrogens with zero attached hydrogens (tertiary/aromatic N) is 3. The lowest BCUT2D eigenvalue weighted by Crippen LogP contribution is -2.11. The van der Waals surface area contributed by atoms with Gasteiger partial charge < -0.3 is 5.11 Å². The SMILES string of the molecule is [2H]C([2H])([2H])c1cc(-c2ccccc2)cc(-n2c(-c3cc(C)cc(C)c3O)nc3c(-c4cc(-c5cc(-c6ccc(-c7ccccc7)cc6)ccn5)cc(C(C)(C)C)c4)cccc32)c1. The molecule has 0 aliphatic heterocycles. The lowest BCUT2D eigenvalue weighted by molar-refractivity contribution is 0.472. The van der Waals surface area contributed by atoms with Gasteiger partial charge in [-0.05, 0) is 136 Å². The van der Waals surface area contributed by atoms with E-state index in [0.29, 0.717) is 17.1 Å². The molecule has 0 spiro atoms. The molecule has 0 aliphatic carbocycles. The molecular weight excluding hydrogens is 719 g/mol. The molecule has 0 aliphatic rings. The van der Waals surface area contributed by atoms with Gasteiger partial charge in [-0.25, -0.2) is 4.98 Å². The molecule has 59 heavy (non-hydrogen) atoms. The molecule has 4 heteroatoms. The Morgan fingerprint density at radius 2 is 1.20 bits per heavy atom. The van der Waals surface area contributed by atoms with Crippen molar-refractivity contribution in [2.75, 3.05) is 0 Å². The third kappa shape index (κ3) is 7.35. The van der Waals surface area contributed by atoms with Crippen LogP contribution in [0.5, 0.6) is 5.75 Å². The zero-order chi connectivity index (χ0) is 43.3. The Labute approximate surface area is 351 Å². The number of imidazole rings is 1. The number of pyridine rings is 1. The highest BCUT2D eigenvalue weighted by Gasteiger charge is 2.23. The van der Waals surface area contributed by atoms with Gasteiger partial charge >= 0.3 is 0 Å². The minimum Gasteiger partial charge on any atom is -0.507 e. The number of hydrogen-bond donors (Lipinski definition) is 1. The summed E-state index contributed by atoms with van der Waals surface area (Å²) < 4.78 is 27.5. The predicted octanol–water partition coefficient (Wildman–Crippen LogP) is 14.4. The number of para-hydroxylation sites is 1. The first kappa shape index (κ1) is 34.0. The van der Waals surface area contributed by atoms with Crippen LogP contribution in [-0.2, 0) is 5.41 Å². The van der Waals surface area contributed by atoms with E-state index >= 15 is 0 Å². The molecule has 0 fully saturated rings. The fraction of sp³-hybridized carbons (Fsp3) is 0.127. The quantitative estimate of drug-likeness (QED) is 0.176. The number of phenols is 1. The number of aryl methyl sites for hydroxylation is 3. The summed E-state index contributed by atoms with van der Waals surface area (Å²) in [4.78, 5) is 10.3. The summed E-state index contributed by atoms with van der Waals surface area (Å²) in [6, 6.07) is 55.2. The Balaban J connectivity index is 1.25. The molecular formula is C55H47N3O. The van der Waals surface area contributed by atoms with Gasteiger partial charge in [0.15, 0.2) is 0 Å². The van der Waals surface area contributed by atoms with E-state index in [1.165, 1.54) is 11.1 Å².